The zero-order valence-electron chi connectivity index (χ0n) is 13.1. The highest BCUT2D eigenvalue weighted by Gasteiger charge is 2.35. The van der Waals surface area contributed by atoms with Gasteiger partial charge >= 0.3 is 0 Å². The first-order chi connectivity index (χ1) is 11.2. The zero-order valence-corrected chi connectivity index (χ0v) is 13.9. The van der Waals surface area contributed by atoms with E-state index in [2.05, 4.69) is 4.98 Å². The molecule has 0 radical (unpaired) electrons. The molecule has 23 heavy (non-hydrogen) atoms. The van der Waals surface area contributed by atoms with Crippen LogP contribution in [0.5, 0.6) is 0 Å². The number of aromatic nitrogens is 1. The van der Waals surface area contributed by atoms with Crippen LogP contribution in [-0.2, 0) is 6.42 Å². The van der Waals surface area contributed by atoms with E-state index < -0.39 is 6.10 Å². The minimum atomic E-state index is -0.498. The first-order valence-electron chi connectivity index (χ1n) is 7.69. The normalized spacial score (nSPS) is 20.7. The van der Waals surface area contributed by atoms with Crippen LogP contribution in [0.25, 0.3) is 0 Å². The van der Waals surface area contributed by atoms with Crippen LogP contribution in [0.2, 0.25) is 0 Å². The number of β-amino-alcohol motifs (C(OH)–C–C–N with tert-alkyl or cyclic N) is 1. The number of pyridine rings is 1. The van der Waals surface area contributed by atoms with Gasteiger partial charge in [0, 0.05) is 35.8 Å². The second kappa shape index (κ2) is 7.15. The molecule has 2 aromatic rings. The Kier molecular flexibility index (Phi) is 4.98. The fourth-order valence-corrected chi connectivity index (χ4v) is 3.59. The molecular formula is C18H20N2O2S. The van der Waals surface area contributed by atoms with E-state index >= 15 is 0 Å². The fraction of sp³-hybridized carbons (Fsp3) is 0.333. The van der Waals surface area contributed by atoms with Gasteiger partial charge in [-0.1, -0.05) is 18.2 Å². The second-order valence-electron chi connectivity index (χ2n) is 5.76. The molecule has 0 spiro atoms. The summed E-state index contributed by atoms with van der Waals surface area (Å²) in [5, 5.41) is 10.3. The lowest BCUT2D eigenvalue weighted by Gasteiger charge is -2.17. The van der Waals surface area contributed by atoms with Gasteiger partial charge in [0.05, 0.1) is 11.7 Å². The van der Waals surface area contributed by atoms with Crippen molar-refractivity contribution in [3.63, 3.8) is 0 Å². The molecule has 0 saturated carbocycles. The summed E-state index contributed by atoms with van der Waals surface area (Å²) in [5.74, 6) is 0.0350. The molecule has 1 amide bonds. The number of likely N-dealkylation sites (tertiary alicyclic amines) is 1. The van der Waals surface area contributed by atoms with Crippen molar-refractivity contribution in [1.29, 1.82) is 0 Å². The predicted molar refractivity (Wildman–Crippen MR) is 91.6 cm³/mol. The summed E-state index contributed by atoms with van der Waals surface area (Å²) >= 11 is 1.57. The minimum Gasteiger partial charge on any atom is -0.391 e. The maximum Gasteiger partial charge on any atom is 0.255 e. The smallest absolute Gasteiger partial charge is 0.255 e. The number of carbonyl (C=O) groups is 1. The molecule has 120 valence electrons. The molecule has 1 fully saturated rings. The molecule has 2 heterocycles. The van der Waals surface area contributed by atoms with Gasteiger partial charge in [-0.15, -0.1) is 11.8 Å². The molecule has 0 aliphatic carbocycles. The number of aliphatic hydroxyl groups is 1. The van der Waals surface area contributed by atoms with Crippen LogP contribution in [0.3, 0.4) is 0 Å². The number of aliphatic hydroxyl groups excluding tert-OH is 1. The standard InChI is InChI=1S/C18H20N2O2S/c1-23-17-8-3-2-7-15(17)18(22)20-11-13(16(21)12-20)10-14-6-4-5-9-19-14/h2-9,13,16,21H,10-12H2,1H3/t13-,16-/m1/s1. The van der Waals surface area contributed by atoms with Gasteiger partial charge in [-0.2, -0.15) is 0 Å². The van der Waals surface area contributed by atoms with Crippen molar-refractivity contribution in [2.75, 3.05) is 19.3 Å². The van der Waals surface area contributed by atoms with Crippen molar-refractivity contribution >= 4 is 17.7 Å². The van der Waals surface area contributed by atoms with Crippen LogP contribution in [0.1, 0.15) is 16.1 Å². The van der Waals surface area contributed by atoms with Gasteiger partial charge in [0.2, 0.25) is 0 Å². The lowest BCUT2D eigenvalue weighted by Crippen LogP contribution is -2.30. The highest BCUT2D eigenvalue weighted by Crippen LogP contribution is 2.26. The molecule has 4 nitrogen and oxygen atoms in total. The number of thioether (sulfide) groups is 1. The van der Waals surface area contributed by atoms with Crippen LogP contribution in [0, 0.1) is 5.92 Å². The van der Waals surface area contributed by atoms with Crippen molar-refractivity contribution in [3.05, 3.63) is 59.9 Å². The Morgan fingerprint density at radius 2 is 2.04 bits per heavy atom. The van der Waals surface area contributed by atoms with Gasteiger partial charge in [0.15, 0.2) is 0 Å². The van der Waals surface area contributed by atoms with E-state index in [1.54, 1.807) is 22.9 Å². The molecule has 1 aromatic heterocycles. The van der Waals surface area contributed by atoms with E-state index in [1.165, 1.54) is 0 Å². The van der Waals surface area contributed by atoms with E-state index in [4.69, 9.17) is 0 Å². The van der Waals surface area contributed by atoms with Gasteiger partial charge < -0.3 is 10.0 Å². The van der Waals surface area contributed by atoms with E-state index in [9.17, 15) is 9.90 Å². The third kappa shape index (κ3) is 3.57. The molecule has 1 saturated heterocycles. The number of amides is 1. The maximum atomic E-state index is 12.8. The van der Waals surface area contributed by atoms with Gasteiger partial charge in [-0.25, -0.2) is 0 Å². The average molecular weight is 328 g/mol. The third-order valence-corrected chi connectivity index (χ3v) is 5.02. The van der Waals surface area contributed by atoms with Crippen LogP contribution in [-0.4, -0.2) is 46.3 Å². The number of rotatable bonds is 4. The molecule has 1 aliphatic heterocycles. The van der Waals surface area contributed by atoms with Crippen molar-refractivity contribution in [2.45, 2.75) is 17.4 Å². The number of benzene rings is 1. The number of hydrogen-bond acceptors (Lipinski definition) is 4. The second-order valence-corrected chi connectivity index (χ2v) is 6.61. The molecule has 0 bridgehead atoms. The lowest BCUT2D eigenvalue weighted by atomic mass is 10.00. The SMILES string of the molecule is CSc1ccccc1C(=O)N1C[C@@H](Cc2ccccn2)[C@H](O)C1. The van der Waals surface area contributed by atoms with Crippen molar-refractivity contribution in [1.82, 2.24) is 9.88 Å². The number of nitrogens with zero attached hydrogens (tertiary/aromatic N) is 2. The molecule has 0 unspecified atom stereocenters. The van der Waals surface area contributed by atoms with Gasteiger partial charge in [-0.3, -0.25) is 9.78 Å². The molecule has 3 rings (SSSR count). The summed E-state index contributed by atoms with van der Waals surface area (Å²) in [7, 11) is 0. The van der Waals surface area contributed by atoms with Crippen LogP contribution < -0.4 is 0 Å². The van der Waals surface area contributed by atoms with Gasteiger partial charge in [-0.05, 0) is 36.9 Å². The Morgan fingerprint density at radius 1 is 1.26 bits per heavy atom. The summed E-state index contributed by atoms with van der Waals surface area (Å²) in [4.78, 5) is 19.8. The summed E-state index contributed by atoms with van der Waals surface area (Å²) in [6, 6.07) is 13.4. The van der Waals surface area contributed by atoms with Crippen molar-refractivity contribution in [3.8, 4) is 0 Å². The average Bonchev–Trinajstić information content (AvgIpc) is 2.96. The topological polar surface area (TPSA) is 53.4 Å². The Labute approximate surface area is 140 Å². The van der Waals surface area contributed by atoms with Gasteiger partial charge in [0.25, 0.3) is 5.91 Å². The first-order valence-corrected chi connectivity index (χ1v) is 8.91. The van der Waals surface area contributed by atoms with Crippen LogP contribution >= 0.6 is 11.8 Å². The molecule has 5 heteroatoms. The van der Waals surface area contributed by atoms with E-state index in [0.717, 1.165) is 10.6 Å². The number of carbonyl (C=O) groups excluding carboxylic acids is 1. The van der Waals surface area contributed by atoms with Crippen LogP contribution in [0.4, 0.5) is 0 Å². The third-order valence-electron chi connectivity index (χ3n) is 4.23. The molecule has 1 aliphatic rings. The molecule has 1 aromatic carbocycles. The Balaban J connectivity index is 1.72. The van der Waals surface area contributed by atoms with Gasteiger partial charge in [0.1, 0.15) is 0 Å². The summed E-state index contributed by atoms with van der Waals surface area (Å²) in [5.41, 5.74) is 1.67. The Morgan fingerprint density at radius 3 is 2.78 bits per heavy atom. The Hall–Kier alpha value is -1.85. The maximum absolute atomic E-state index is 12.8. The summed E-state index contributed by atoms with van der Waals surface area (Å²) in [6.45, 7) is 0.957. The van der Waals surface area contributed by atoms with Crippen LogP contribution in [0.15, 0.2) is 53.6 Å². The van der Waals surface area contributed by atoms with E-state index in [-0.39, 0.29) is 11.8 Å². The highest BCUT2D eigenvalue weighted by atomic mass is 32.2. The first kappa shape index (κ1) is 16.0. The van der Waals surface area contributed by atoms with Crippen molar-refractivity contribution in [2.24, 2.45) is 5.92 Å². The fourth-order valence-electron chi connectivity index (χ4n) is 3.00. The summed E-state index contributed by atoms with van der Waals surface area (Å²) < 4.78 is 0. The quantitative estimate of drug-likeness (QED) is 0.876. The monoisotopic (exact) mass is 328 g/mol. The van der Waals surface area contributed by atoms with E-state index in [0.29, 0.717) is 25.1 Å². The minimum absolute atomic E-state index is 0.00230. The van der Waals surface area contributed by atoms with E-state index in [1.807, 2.05) is 48.7 Å². The molecule has 1 N–H and O–H groups in total. The van der Waals surface area contributed by atoms with Crippen molar-refractivity contribution < 1.29 is 9.90 Å². The zero-order chi connectivity index (χ0) is 16.2. The molecular weight excluding hydrogens is 308 g/mol. The summed E-state index contributed by atoms with van der Waals surface area (Å²) in [6.07, 6.45) is 3.92. The lowest BCUT2D eigenvalue weighted by molar-refractivity contribution is 0.0761. The molecule has 2 atom stereocenters. The number of hydrogen-bond donors (Lipinski definition) is 1. The predicted octanol–water partition coefficient (Wildman–Crippen LogP) is 2.48. The largest absolute Gasteiger partial charge is 0.391 e. The highest BCUT2D eigenvalue weighted by molar-refractivity contribution is 7.98. The Bertz CT molecular complexity index is 678.